The van der Waals surface area contributed by atoms with E-state index in [0.29, 0.717) is 13.1 Å². The summed E-state index contributed by atoms with van der Waals surface area (Å²) in [4.78, 5) is 13.4. The summed E-state index contributed by atoms with van der Waals surface area (Å²) in [5, 5.41) is 12.6. The van der Waals surface area contributed by atoms with E-state index in [1.807, 2.05) is 0 Å². The first-order chi connectivity index (χ1) is 6.08. The van der Waals surface area contributed by atoms with E-state index in [1.165, 1.54) is 0 Å². The second kappa shape index (κ2) is 3.15. The molecule has 1 unspecified atom stereocenters. The number of amides is 1. The molecule has 13 heavy (non-hydrogen) atoms. The summed E-state index contributed by atoms with van der Waals surface area (Å²) >= 11 is 1.74. The molecule has 5 heteroatoms. The molecule has 2 fully saturated rings. The fourth-order valence-electron chi connectivity index (χ4n) is 1.71. The highest BCUT2D eigenvalue weighted by Crippen LogP contribution is 2.22. The highest BCUT2D eigenvalue weighted by molar-refractivity contribution is 7.99. The van der Waals surface area contributed by atoms with E-state index >= 15 is 0 Å². The molecule has 4 nitrogen and oxygen atoms in total. The first-order valence-electron chi connectivity index (χ1n) is 4.41. The van der Waals surface area contributed by atoms with E-state index in [-0.39, 0.29) is 11.9 Å². The van der Waals surface area contributed by atoms with Crippen LogP contribution in [0.4, 0.5) is 0 Å². The lowest BCUT2D eigenvalue weighted by Gasteiger charge is -2.45. The maximum absolute atomic E-state index is 11.7. The van der Waals surface area contributed by atoms with Gasteiger partial charge in [0.1, 0.15) is 0 Å². The van der Waals surface area contributed by atoms with Gasteiger partial charge in [-0.3, -0.25) is 10.1 Å². The van der Waals surface area contributed by atoms with Gasteiger partial charge in [-0.2, -0.15) is 0 Å². The van der Waals surface area contributed by atoms with Gasteiger partial charge in [-0.1, -0.05) is 0 Å². The molecule has 0 spiro atoms. The maximum atomic E-state index is 11.7. The number of thioether (sulfide) groups is 1. The topological polar surface area (TPSA) is 52.6 Å². The van der Waals surface area contributed by atoms with Crippen molar-refractivity contribution in [1.82, 2.24) is 10.2 Å². The third-order valence-corrected chi connectivity index (χ3v) is 3.33. The van der Waals surface area contributed by atoms with E-state index in [4.69, 9.17) is 0 Å². The molecule has 0 aromatic heterocycles. The summed E-state index contributed by atoms with van der Waals surface area (Å²) in [6, 6.07) is -0.0268. The maximum Gasteiger partial charge on any atom is 0.240 e. The minimum atomic E-state index is -0.651. The molecule has 2 aliphatic heterocycles. The molecule has 2 N–H and O–H groups in total. The summed E-state index contributed by atoms with van der Waals surface area (Å²) in [5.41, 5.74) is -0.651. The van der Waals surface area contributed by atoms with Crippen LogP contribution in [0.15, 0.2) is 0 Å². The number of carbonyl (C=O) groups is 1. The van der Waals surface area contributed by atoms with Crippen molar-refractivity contribution in [2.75, 3.05) is 24.7 Å². The molecule has 0 aromatic rings. The third kappa shape index (κ3) is 1.82. The normalized spacial score (nSPS) is 31.5. The minimum Gasteiger partial charge on any atom is -0.386 e. The zero-order valence-corrected chi connectivity index (χ0v) is 8.43. The summed E-state index contributed by atoms with van der Waals surface area (Å²) in [7, 11) is 0. The zero-order valence-electron chi connectivity index (χ0n) is 7.62. The van der Waals surface area contributed by atoms with E-state index in [1.54, 1.807) is 23.6 Å². The molecule has 2 heterocycles. The van der Waals surface area contributed by atoms with Crippen LogP contribution in [0.5, 0.6) is 0 Å². The standard InChI is InChI=1S/C8H14N2O2S/c1-8(12)3-10(4-8)7(11)6-2-13-5-9-6/h6,9,12H,2-5H2,1H3. The monoisotopic (exact) mass is 202 g/mol. The average Bonchev–Trinajstić information content (AvgIpc) is 2.50. The number of rotatable bonds is 1. The molecular weight excluding hydrogens is 188 g/mol. The second-order valence-electron chi connectivity index (χ2n) is 3.96. The van der Waals surface area contributed by atoms with Crippen LogP contribution < -0.4 is 5.32 Å². The molecule has 0 aromatic carbocycles. The van der Waals surface area contributed by atoms with E-state index in [0.717, 1.165) is 11.6 Å². The Morgan fingerprint density at radius 3 is 2.85 bits per heavy atom. The van der Waals surface area contributed by atoms with Gasteiger partial charge in [0.15, 0.2) is 0 Å². The number of β-amino-alcohol motifs (C(OH)–C–C–N with tert-alkyl or cyclic N) is 1. The van der Waals surface area contributed by atoms with Crippen molar-refractivity contribution in [1.29, 1.82) is 0 Å². The highest BCUT2D eigenvalue weighted by atomic mass is 32.2. The van der Waals surface area contributed by atoms with Crippen LogP contribution in [0.2, 0.25) is 0 Å². The number of carbonyl (C=O) groups excluding carboxylic acids is 1. The average molecular weight is 202 g/mol. The molecule has 0 bridgehead atoms. The molecule has 1 atom stereocenters. The van der Waals surface area contributed by atoms with Gasteiger partial charge in [-0.25, -0.2) is 0 Å². The number of aliphatic hydroxyl groups is 1. The van der Waals surface area contributed by atoms with Crippen molar-refractivity contribution in [2.45, 2.75) is 18.6 Å². The van der Waals surface area contributed by atoms with Gasteiger partial charge in [0, 0.05) is 11.6 Å². The van der Waals surface area contributed by atoms with Crippen LogP contribution in [0.1, 0.15) is 6.92 Å². The Kier molecular flexibility index (Phi) is 2.25. The highest BCUT2D eigenvalue weighted by Gasteiger charge is 2.41. The van der Waals surface area contributed by atoms with Crippen molar-refractivity contribution >= 4 is 17.7 Å². The first-order valence-corrected chi connectivity index (χ1v) is 5.56. The Labute approximate surface area is 81.7 Å². The van der Waals surface area contributed by atoms with Gasteiger partial charge < -0.3 is 10.0 Å². The lowest BCUT2D eigenvalue weighted by molar-refractivity contribution is -0.153. The number of hydrogen-bond donors (Lipinski definition) is 2. The van der Waals surface area contributed by atoms with Gasteiger partial charge >= 0.3 is 0 Å². The van der Waals surface area contributed by atoms with Crippen LogP contribution in [0.3, 0.4) is 0 Å². The Morgan fingerprint density at radius 1 is 1.69 bits per heavy atom. The van der Waals surface area contributed by atoms with Crippen molar-refractivity contribution in [3.05, 3.63) is 0 Å². The lowest BCUT2D eigenvalue weighted by Crippen LogP contribution is -2.64. The predicted octanol–water partition coefficient (Wildman–Crippen LogP) is -0.758. The number of nitrogens with one attached hydrogen (secondary N) is 1. The molecule has 0 aliphatic carbocycles. The van der Waals surface area contributed by atoms with E-state index in [2.05, 4.69) is 5.32 Å². The van der Waals surface area contributed by atoms with Gasteiger partial charge in [-0.15, -0.1) is 11.8 Å². The lowest BCUT2D eigenvalue weighted by atomic mass is 9.96. The smallest absolute Gasteiger partial charge is 0.240 e. The van der Waals surface area contributed by atoms with E-state index in [9.17, 15) is 9.90 Å². The Morgan fingerprint density at radius 2 is 2.38 bits per heavy atom. The van der Waals surface area contributed by atoms with Crippen LogP contribution >= 0.6 is 11.8 Å². The molecule has 1 amide bonds. The van der Waals surface area contributed by atoms with Gasteiger partial charge in [-0.05, 0) is 6.92 Å². The SMILES string of the molecule is CC1(O)CN(C(=O)C2CSCN2)C1. The van der Waals surface area contributed by atoms with Crippen LogP contribution in [-0.4, -0.2) is 52.3 Å². The summed E-state index contributed by atoms with van der Waals surface area (Å²) in [6.07, 6.45) is 0. The van der Waals surface area contributed by atoms with Gasteiger partial charge in [0.2, 0.25) is 5.91 Å². The quantitative estimate of drug-likeness (QED) is 0.587. The molecule has 2 rings (SSSR count). The van der Waals surface area contributed by atoms with Crippen LogP contribution in [-0.2, 0) is 4.79 Å². The Balaban J connectivity index is 1.85. The first kappa shape index (κ1) is 9.30. The Hall–Kier alpha value is -0.260. The van der Waals surface area contributed by atoms with Crippen LogP contribution in [0.25, 0.3) is 0 Å². The zero-order chi connectivity index (χ0) is 9.47. The summed E-state index contributed by atoms with van der Waals surface area (Å²) in [5.74, 6) is 1.86. The van der Waals surface area contributed by atoms with Crippen molar-refractivity contribution < 1.29 is 9.90 Å². The largest absolute Gasteiger partial charge is 0.386 e. The number of hydrogen-bond acceptors (Lipinski definition) is 4. The molecule has 0 saturated carbocycles. The summed E-state index contributed by atoms with van der Waals surface area (Å²) in [6.45, 7) is 2.72. The molecule has 2 saturated heterocycles. The fraction of sp³-hybridized carbons (Fsp3) is 0.875. The number of likely N-dealkylation sites (tertiary alicyclic amines) is 1. The van der Waals surface area contributed by atoms with Crippen molar-refractivity contribution in [2.24, 2.45) is 0 Å². The molecule has 74 valence electrons. The Bertz CT molecular complexity index is 218. The van der Waals surface area contributed by atoms with Crippen molar-refractivity contribution in [3.63, 3.8) is 0 Å². The minimum absolute atomic E-state index is 0.0268. The second-order valence-corrected chi connectivity index (χ2v) is 4.99. The fourth-order valence-corrected chi connectivity index (χ4v) is 2.64. The van der Waals surface area contributed by atoms with Gasteiger partial charge in [0.05, 0.1) is 24.7 Å². The predicted molar refractivity (Wildman–Crippen MR) is 51.5 cm³/mol. The third-order valence-electron chi connectivity index (χ3n) is 2.39. The molecular formula is C8H14N2O2S. The van der Waals surface area contributed by atoms with Crippen LogP contribution in [0, 0.1) is 0 Å². The van der Waals surface area contributed by atoms with Crippen molar-refractivity contribution in [3.8, 4) is 0 Å². The van der Waals surface area contributed by atoms with E-state index < -0.39 is 5.60 Å². The summed E-state index contributed by atoms with van der Waals surface area (Å²) < 4.78 is 0. The van der Waals surface area contributed by atoms with Gasteiger partial charge in [0.25, 0.3) is 0 Å². The molecule has 2 aliphatic rings. The molecule has 0 radical (unpaired) electrons. The number of nitrogens with zero attached hydrogens (tertiary/aromatic N) is 1.